The number of methoxy groups -OCH3 is 1. The van der Waals surface area contributed by atoms with Gasteiger partial charge in [0.05, 0.1) is 7.11 Å². The second kappa shape index (κ2) is 3.91. The Bertz CT molecular complexity index is 479. The van der Waals surface area contributed by atoms with E-state index < -0.39 is 0 Å². The minimum absolute atomic E-state index is 0.184. The highest BCUT2D eigenvalue weighted by Crippen LogP contribution is 2.23. The van der Waals surface area contributed by atoms with Gasteiger partial charge in [-0.1, -0.05) is 12.1 Å². The van der Waals surface area contributed by atoms with Gasteiger partial charge in [-0.3, -0.25) is 4.79 Å². The molecule has 0 aliphatic rings. The van der Waals surface area contributed by atoms with E-state index in [1.165, 1.54) is 0 Å². The Morgan fingerprint density at radius 3 is 3.00 bits per heavy atom. The molecule has 0 aliphatic carbocycles. The number of aldehydes is 1. The van der Waals surface area contributed by atoms with E-state index in [2.05, 4.69) is 14.9 Å². The Balaban J connectivity index is 2.48. The first-order valence-electron chi connectivity index (χ1n) is 4.27. The zero-order valence-electron chi connectivity index (χ0n) is 8.01. The van der Waals surface area contributed by atoms with E-state index in [-0.39, 0.29) is 5.69 Å². The largest absolute Gasteiger partial charge is 0.497 e. The summed E-state index contributed by atoms with van der Waals surface area (Å²) < 4.78 is 9.55. The molecule has 0 unspecified atom stereocenters. The highest BCUT2D eigenvalue weighted by atomic mass is 16.6. The lowest BCUT2D eigenvalue weighted by Crippen LogP contribution is -1.87. The van der Waals surface area contributed by atoms with Crippen LogP contribution in [0, 0.1) is 0 Å². The minimum atomic E-state index is 0.184. The Kier molecular flexibility index (Phi) is 2.45. The van der Waals surface area contributed by atoms with E-state index in [9.17, 15) is 4.79 Å². The molecule has 5 heteroatoms. The molecule has 15 heavy (non-hydrogen) atoms. The van der Waals surface area contributed by atoms with Gasteiger partial charge in [0, 0.05) is 5.56 Å². The SMILES string of the molecule is COc1cccc(-c2nonc2C=O)c1. The van der Waals surface area contributed by atoms with Gasteiger partial charge < -0.3 is 4.74 Å². The van der Waals surface area contributed by atoms with Gasteiger partial charge in [0.25, 0.3) is 0 Å². The second-order valence-electron chi connectivity index (χ2n) is 2.85. The van der Waals surface area contributed by atoms with Gasteiger partial charge >= 0.3 is 0 Å². The standard InChI is InChI=1S/C10H8N2O3/c1-14-8-4-2-3-7(5-8)10-9(6-13)11-15-12-10/h2-6H,1H3. The zero-order chi connectivity index (χ0) is 10.7. The van der Waals surface area contributed by atoms with Crippen molar-refractivity contribution >= 4 is 6.29 Å². The molecule has 0 saturated carbocycles. The molecule has 1 heterocycles. The molecule has 0 fully saturated rings. The van der Waals surface area contributed by atoms with Crippen LogP contribution in [0.1, 0.15) is 10.5 Å². The highest BCUT2D eigenvalue weighted by Gasteiger charge is 2.11. The molecule has 0 N–H and O–H groups in total. The van der Waals surface area contributed by atoms with Crippen LogP contribution in [0.3, 0.4) is 0 Å². The number of carbonyl (C=O) groups is 1. The number of rotatable bonds is 3. The average Bonchev–Trinajstić information content (AvgIpc) is 2.77. The summed E-state index contributed by atoms with van der Waals surface area (Å²) in [6.07, 6.45) is 0.602. The number of ether oxygens (including phenoxy) is 1. The third-order valence-electron chi connectivity index (χ3n) is 1.97. The maximum Gasteiger partial charge on any atom is 0.175 e. The van der Waals surface area contributed by atoms with Crippen molar-refractivity contribution < 1.29 is 14.2 Å². The minimum Gasteiger partial charge on any atom is -0.497 e. The number of hydrogen-bond acceptors (Lipinski definition) is 5. The topological polar surface area (TPSA) is 65.2 Å². The van der Waals surface area contributed by atoms with Gasteiger partial charge in [0.1, 0.15) is 11.4 Å². The van der Waals surface area contributed by atoms with Gasteiger partial charge in [0.2, 0.25) is 0 Å². The lowest BCUT2D eigenvalue weighted by Gasteiger charge is -2.00. The third-order valence-corrected chi connectivity index (χ3v) is 1.97. The van der Waals surface area contributed by atoms with Crippen LogP contribution in [0.4, 0.5) is 0 Å². The zero-order valence-corrected chi connectivity index (χ0v) is 8.01. The first-order valence-corrected chi connectivity index (χ1v) is 4.27. The summed E-state index contributed by atoms with van der Waals surface area (Å²) in [4.78, 5) is 10.6. The Morgan fingerprint density at radius 2 is 2.27 bits per heavy atom. The van der Waals surface area contributed by atoms with Crippen LogP contribution in [0.15, 0.2) is 28.9 Å². The maximum atomic E-state index is 10.6. The summed E-state index contributed by atoms with van der Waals surface area (Å²) in [5, 5.41) is 7.13. The van der Waals surface area contributed by atoms with Crippen LogP contribution in [0.25, 0.3) is 11.3 Å². The predicted octanol–water partition coefficient (Wildman–Crippen LogP) is 1.56. The van der Waals surface area contributed by atoms with Gasteiger partial charge in [-0.25, -0.2) is 4.63 Å². The van der Waals surface area contributed by atoms with Crippen molar-refractivity contribution in [3.63, 3.8) is 0 Å². The van der Waals surface area contributed by atoms with Crippen molar-refractivity contribution in [3.8, 4) is 17.0 Å². The molecule has 0 aliphatic heterocycles. The predicted molar refractivity (Wildman–Crippen MR) is 51.7 cm³/mol. The highest BCUT2D eigenvalue weighted by molar-refractivity contribution is 5.82. The first kappa shape index (κ1) is 9.39. The number of hydrogen-bond donors (Lipinski definition) is 0. The van der Waals surface area contributed by atoms with Crippen molar-refractivity contribution in [1.82, 2.24) is 10.3 Å². The fraction of sp³-hybridized carbons (Fsp3) is 0.100. The van der Waals surface area contributed by atoms with Crippen LogP contribution >= 0.6 is 0 Å². The summed E-state index contributed by atoms with van der Waals surface area (Å²) in [5.41, 5.74) is 1.34. The normalized spacial score (nSPS) is 9.93. The summed E-state index contributed by atoms with van der Waals surface area (Å²) in [5.74, 6) is 0.687. The number of benzene rings is 1. The number of carbonyl (C=O) groups excluding carboxylic acids is 1. The van der Waals surface area contributed by atoms with Gasteiger partial charge in [-0.05, 0) is 22.4 Å². The fourth-order valence-electron chi connectivity index (χ4n) is 1.24. The molecule has 5 nitrogen and oxygen atoms in total. The molecular formula is C10H8N2O3. The van der Waals surface area contributed by atoms with Gasteiger partial charge in [-0.2, -0.15) is 0 Å². The van der Waals surface area contributed by atoms with Crippen LogP contribution < -0.4 is 4.74 Å². The van der Waals surface area contributed by atoms with E-state index >= 15 is 0 Å². The van der Waals surface area contributed by atoms with E-state index in [1.807, 2.05) is 0 Å². The molecule has 0 saturated heterocycles. The number of aromatic nitrogens is 2. The molecule has 0 radical (unpaired) electrons. The third kappa shape index (κ3) is 1.71. The van der Waals surface area contributed by atoms with E-state index in [0.717, 1.165) is 5.56 Å². The van der Waals surface area contributed by atoms with Gasteiger partial charge in [0.15, 0.2) is 12.0 Å². The monoisotopic (exact) mass is 204 g/mol. The molecular weight excluding hydrogens is 196 g/mol. The molecule has 0 spiro atoms. The molecule has 2 rings (SSSR count). The van der Waals surface area contributed by atoms with Crippen LogP contribution in [-0.4, -0.2) is 23.7 Å². The second-order valence-corrected chi connectivity index (χ2v) is 2.85. The Labute approximate surface area is 85.6 Å². The van der Waals surface area contributed by atoms with Crippen molar-refractivity contribution in [1.29, 1.82) is 0 Å². The summed E-state index contributed by atoms with van der Waals surface area (Å²) in [6, 6.07) is 7.16. The molecule has 0 amide bonds. The summed E-state index contributed by atoms with van der Waals surface area (Å²) in [7, 11) is 1.57. The lowest BCUT2D eigenvalue weighted by atomic mass is 10.1. The summed E-state index contributed by atoms with van der Waals surface area (Å²) >= 11 is 0. The quantitative estimate of drug-likeness (QED) is 0.710. The van der Waals surface area contributed by atoms with Crippen molar-refractivity contribution in [2.24, 2.45) is 0 Å². The maximum absolute atomic E-state index is 10.6. The van der Waals surface area contributed by atoms with Crippen molar-refractivity contribution in [2.75, 3.05) is 7.11 Å². The molecule has 0 bridgehead atoms. The molecule has 76 valence electrons. The Hall–Kier alpha value is -2.17. The molecule has 1 aromatic carbocycles. The summed E-state index contributed by atoms with van der Waals surface area (Å²) in [6.45, 7) is 0. The van der Waals surface area contributed by atoms with Crippen LogP contribution in [0.2, 0.25) is 0 Å². The van der Waals surface area contributed by atoms with Crippen molar-refractivity contribution in [2.45, 2.75) is 0 Å². The van der Waals surface area contributed by atoms with Crippen molar-refractivity contribution in [3.05, 3.63) is 30.0 Å². The fourth-order valence-corrected chi connectivity index (χ4v) is 1.24. The van der Waals surface area contributed by atoms with Crippen LogP contribution in [0.5, 0.6) is 5.75 Å². The molecule has 2 aromatic rings. The smallest absolute Gasteiger partial charge is 0.175 e. The van der Waals surface area contributed by atoms with Gasteiger partial charge in [-0.15, -0.1) is 0 Å². The van der Waals surface area contributed by atoms with E-state index in [0.29, 0.717) is 17.7 Å². The van der Waals surface area contributed by atoms with E-state index in [4.69, 9.17) is 4.74 Å². The Morgan fingerprint density at radius 1 is 1.40 bits per heavy atom. The number of nitrogens with zero attached hydrogens (tertiary/aromatic N) is 2. The lowest BCUT2D eigenvalue weighted by molar-refractivity contribution is 0.111. The molecule has 1 aromatic heterocycles. The van der Waals surface area contributed by atoms with Crippen LogP contribution in [-0.2, 0) is 0 Å². The van der Waals surface area contributed by atoms with E-state index in [1.54, 1.807) is 31.4 Å². The molecule has 0 atom stereocenters. The average molecular weight is 204 g/mol. The first-order chi connectivity index (χ1) is 7.35.